The van der Waals surface area contributed by atoms with E-state index >= 15 is 0 Å². The van der Waals surface area contributed by atoms with Crippen LogP contribution in [0.1, 0.15) is 12.8 Å². The molecule has 0 aliphatic rings. The molecule has 0 saturated heterocycles. The number of nitrogens with zero attached hydrogens (tertiary/aromatic N) is 1. The number of hydrazine groups is 1. The number of nitrogens with one attached hydrogen (secondary N) is 2. The number of carbonyl (C=O) groups is 2. The first-order valence-corrected chi connectivity index (χ1v) is 4.39. The van der Waals surface area contributed by atoms with E-state index in [1.807, 2.05) is 0 Å². The molecule has 8 heteroatoms. The Morgan fingerprint density at radius 2 is 2.19 bits per heavy atom. The van der Waals surface area contributed by atoms with Crippen LogP contribution in [-0.2, 0) is 42.3 Å². The van der Waals surface area contributed by atoms with Crippen molar-refractivity contribution in [1.29, 1.82) is 0 Å². The molecule has 0 aromatic heterocycles. The minimum atomic E-state index is -1.08. The Bertz CT molecular complexity index is 237. The van der Waals surface area contributed by atoms with E-state index in [2.05, 4.69) is 22.9 Å². The van der Waals surface area contributed by atoms with Crippen LogP contribution in [0.5, 0.6) is 0 Å². The van der Waals surface area contributed by atoms with E-state index in [1.165, 1.54) is 0 Å². The summed E-state index contributed by atoms with van der Waals surface area (Å²) >= 11 is 0. The van der Waals surface area contributed by atoms with E-state index in [4.69, 9.17) is 10.9 Å². The number of hydrogen-bond acceptors (Lipinski definition) is 4. The number of hydrogen-bond donors (Lipinski definition) is 4. The van der Waals surface area contributed by atoms with Gasteiger partial charge in [0.25, 0.3) is 0 Å². The Labute approximate surface area is 119 Å². The molecule has 0 fully saturated rings. The van der Waals surface area contributed by atoms with Crippen molar-refractivity contribution in [1.82, 2.24) is 10.9 Å². The second-order valence-corrected chi connectivity index (χ2v) is 2.76. The predicted molar refractivity (Wildman–Crippen MR) is 54.5 cm³/mol. The van der Waals surface area contributed by atoms with Crippen LogP contribution in [0.4, 0.5) is 0 Å². The van der Waals surface area contributed by atoms with Gasteiger partial charge in [0.15, 0.2) is 0 Å². The minimum absolute atomic E-state index is 0. The first-order chi connectivity index (χ1) is 7.11. The molecule has 1 amide bonds. The van der Waals surface area contributed by atoms with Crippen molar-refractivity contribution in [2.45, 2.75) is 18.9 Å². The van der Waals surface area contributed by atoms with Gasteiger partial charge in [-0.25, -0.2) is 4.79 Å². The molecule has 1 unspecified atom stereocenters. The first-order valence-electron chi connectivity index (χ1n) is 4.39. The molecular formula is C8H15N4O3Y-. The molecule has 16 heavy (non-hydrogen) atoms. The molecule has 1 radical (unpaired) electrons. The Kier molecular flexibility index (Phi) is 12.6. The van der Waals surface area contributed by atoms with Crippen molar-refractivity contribution >= 4 is 11.9 Å². The van der Waals surface area contributed by atoms with Crippen LogP contribution in [0.2, 0.25) is 0 Å². The van der Waals surface area contributed by atoms with Crippen LogP contribution in [-0.4, -0.2) is 29.6 Å². The van der Waals surface area contributed by atoms with Crippen LogP contribution >= 0.6 is 0 Å². The number of carboxylic acids is 1. The molecule has 0 aliphatic carbocycles. The number of rotatable bonds is 8. The van der Waals surface area contributed by atoms with E-state index < -0.39 is 17.9 Å². The third kappa shape index (κ3) is 8.93. The number of nitrogens with two attached hydrogens (primary N) is 1. The van der Waals surface area contributed by atoms with Crippen molar-refractivity contribution in [3.8, 4) is 0 Å². The zero-order valence-corrected chi connectivity index (χ0v) is 11.7. The summed E-state index contributed by atoms with van der Waals surface area (Å²) < 4.78 is 0. The molecule has 89 valence electrons. The SMILES string of the molecule is C=CC(=O)NC(CCC[N-]NN)C(=O)O.[Y]. The number of amides is 1. The van der Waals surface area contributed by atoms with Crippen molar-refractivity contribution in [2.75, 3.05) is 6.54 Å². The topological polar surface area (TPSA) is 119 Å². The van der Waals surface area contributed by atoms with Gasteiger partial charge in [0.1, 0.15) is 6.04 Å². The smallest absolute Gasteiger partial charge is 0.326 e. The van der Waals surface area contributed by atoms with Gasteiger partial charge in [-0.3, -0.25) is 10.6 Å². The molecule has 0 aromatic rings. The first kappa shape index (κ1) is 18.0. The molecule has 7 nitrogen and oxygen atoms in total. The zero-order valence-electron chi connectivity index (χ0n) is 8.85. The van der Waals surface area contributed by atoms with Gasteiger partial charge in [0.2, 0.25) is 5.91 Å². The molecule has 0 heterocycles. The minimum Gasteiger partial charge on any atom is -0.583 e. The summed E-state index contributed by atoms with van der Waals surface area (Å²) in [6.07, 6.45) is 1.83. The van der Waals surface area contributed by atoms with E-state index in [9.17, 15) is 9.59 Å². The van der Waals surface area contributed by atoms with Gasteiger partial charge in [-0.1, -0.05) is 13.0 Å². The van der Waals surface area contributed by atoms with E-state index in [0.717, 1.165) is 6.08 Å². The van der Waals surface area contributed by atoms with Crippen molar-refractivity contribution < 1.29 is 47.4 Å². The second kappa shape index (κ2) is 11.2. The third-order valence-electron chi connectivity index (χ3n) is 1.65. The fourth-order valence-corrected chi connectivity index (χ4v) is 0.927. The van der Waals surface area contributed by atoms with Crippen LogP contribution in [0.3, 0.4) is 0 Å². The average Bonchev–Trinajstić information content (AvgIpc) is 2.21. The van der Waals surface area contributed by atoms with Gasteiger partial charge in [-0.2, -0.15) is 0 Å². The summed E-state index contributed by atoms with van der Waals surface area (Å²) in [7, 11) is 0. The molecule has 0 saturated carbocycles. The molecule has 5 N–H and O–H groups in total. The molecule has 0 aromatic carbocycles. The number of aliphatic carboxylic acids is 1. The van der Waals surface area contributed by atoms with Crippen molar-refractivity contribution in [2.24, 2.45) is 5.84 Å². The second-order valence-electron chi connectivity index (χ2n) is 2.76. The molecule has 0 rings (SSSR count). The molecular weight excluding hydrogens is 289 g/mol. The maximum absolute atomic E-state index is 10.9. The molecule has 1 atom stereocenters. The van der Waals surface area contributed by atoms with Crippen LogP contribution < -0.4 is 16.7 Å². The normalized spacial score (nSPS) is 11.1. The average molecular weight is 304 g/mol. The van der Waals surface area contributed by atoms with Gasteiger partial charge in [-0.15, -0.1) is 6.54 Å². The Morgan fingerprint density at radius 1 is 1.56 bits per heavy atom. The van der Waals surface area contributed by atoms with Gasteiger partial charge in [0, 0.05) is 32.7 Å². The van der Waals surface area contributed by atoms with Crippen LogP contribution in [0.15, 0.2) is 12.7 Å². The summed E-state index contributed by atoms with van der Waals surface area (Å²) in [5.74, 6) is 3.31. The maximum atomic E-state index is 10.9. The quantitative estimate of drug-likeness (QED) is 0.204. The Hall–Kier alpha value is -0.336. The van der Waals surface area contributed by atoms with Gasteiger partial charge in [-0.05, 0) is 12.5 Å². The van der Waals surface area contributed by atoms with Gasteiger partial charge < -0.3 is 21.4 Å². The standard InChI is InChI=1S/C8H15N4O3.Y/c1-2-7(13)11-6(8(14)15)4-3-5-10-12-9;/h2,6,12H,1,3-5,9H2,(H,11,13)(H,14,15);/q-1;. The van der Waals surface area contributed by atoms with Gasteiger partial charge in [0.05, 0.1) is 0 Å². The monoisotopic (exact) mass is 304 g/mol. The largest absolute Gasteiger partial charge is 0.583 e. The van der Waals surface area contributed by atoms with E-state index in [1.54, 1.807) is 0 Å². The van der Waals surface area contributed by atoms with E-state index in [0.29, 0.717) is 19.4 Å². The van der Waals surface area contributed by atoms with Crippen LogP contribution in [0.25, 0.3) is 5.43 Å². The fraction of sp³-hybridized carbons (Fsp3) is 0.500. The molecule has 0 bridgehead atoms. The molecule has 0 aliphatic heterocycles. The number of carboxylic acid groups (broad SMARTS) is 1. The summed E-state index contributed by atoms with van der Waals surface area (Å²) in [5.41, 5.74) is 5.70. The summed E-state index contributed by atoms with van der Waals surface area (Å²) in [6, 6.07) is -0.913. The summed E-state index contributed by atoms with van der Waals surface area (Å²) in [5, 5.41) is 11.0. The third-order valence-corrected chi connectivity index (χ3v) is 1.65. The van der Waals surface area contributed by atoms with Crippen molar-refractivity contribution in [3.63, 3.8) is 0 Å². The molecule has 0 spiro atoms. The predicted octanol–water partition coefficient (Wildman–Crippen LogP) is -0.728. The summed E-state index contributed by atoms with van der Waals surface area (Å²) in [4.78, 5) is 21.6. The van der Waals surface area contributed by atoms with E-state index in [-0.39, 0.29) is 32.7 Å². The summed E-state index contributed by atoms with van der Waals surface area (Å²) in [6.45, 7) is 3.63. The fourth-order valence-electron chi connectivity index (χ4n) is 0.927. The van der Waals surface area contributed by atoms with Gasteiger partial charge >= 0.3 is 5.97 Å². The maximum Gasteiger partial charge on any atom is 0.326 e. The van der Waals surface area contributed by atoms with Crippen molar-refractivity contribution in [3.05, 3.63) is 18.1 Å². The Morgan fingerprint density at radius 3 is 2.62 bits per heavy atom. The van der Waals surface area contributed by atoms with Crippen LogP contribution in [0, 0.1) is 0 Å². The Balaban J connectivity index is 0. The zero-order chi connectivity index (χ0) is 11.7. The number of carbonyl (C=O) groups excluding carboxylic acids is 1.